The number of nitrogens with two attached hydrogens (primary N) is 1. The Bertz CT molecular complexity index is 610. The molecule has 1 aliphatic rings. The molecule has 4 nitrogen and oxygen atoms in total. The summed E-state index contributed by atoms with van der Waals surface area (Å²) in [5.41, 5.74) is 9.58. The third-order valence-electron chi connectivity index (χ3n) is 3.64. The second-order valence-electron chi connectivity index (χ2n) is 5.12. The summed E-state index contributed by atoms with van der Waals surface area (Å²) in [6.45, 7) is 2.06. The van der Waals surface area contributed by atoms with Crippen LogP contribution in [0.5, 0.6) is 11.6 Å². The molecular formula is C16H18N2O2. The van der Waals surface area contributed by atoms with Crippen molar-refractivity contribution in [1.29, 1.82) is 0 Å². The number of aromatic nitrogens is 1. The molecule has 2 N–H and O–H groups in total. The molecule has 0 bridgehead atoms. The van der Waals surface area contributed by atoms with Crippen LogP contribution >= 0.6 is 0 Å². The molecule has 0 saturated heterocycles. The van der Waals surface area contributed by atoms with Gasteiger partial charge in [0, 0.05) is 35.9 Å². The summed E-state index contributed by atoms with van der Waals surface area (Å²) < 4.78 is 11.1. The Morgan fingerprint density at radius 1 is 1.30 bits per heavy atom. The average molecular weight is 270 g/mol. The summed E-state index contributed by atoms with van der Waals surface area (Å²) in [7, 11) is 1.60. The maximum Gasteiger partial charge on any atom is 0.212 e. The highest BCUT2D eigenvalue weighted by atomic mass is 16.5. The predicted octanol–water partition coefficient (Wildman–Crippen LogP) is 2.92. The second-order valence-corrected chi connectivity index (χ2v) is 5.12. The molecule has 0 saturated carbocycles. The molecule has 2 aromatic rings. The number of benzene rings is 1. The van der Waals surface area contributed by atoms with Crippen molar-refractivity contribution in [2.45, 2.75) is 25.5 Å². The topological polar surface area (TPSA) is 57.4 Å². The molecule has 4 heteroatoms. The number of fused-ring (bicyclic) bond motifs is 1. The third kappa shape index (κ3) is 2.34. The molecule has 1 aromatic heterocycles. The number of aryl methyl sites for hydroxylation is 1. The van der Waals surface area contributed by atoms with Crippen LogP contribution in [-0.2, 0) is 0 Å². The maximum atomic E-state index is 6.27. The Labute approximate surface area is 118 Å². The van der Waals surface area contributed by atoms with E-state index in [1.807, 2.05) is 24.3 Å². The van der Waals surface area contributed by atoms with E-state index in [1.165, 1.54) is 5.56 Å². The molecule has 1 aromatic carbocycles. The zero-order valence-corrected chi connectivity index (χ0v) is 11.7. The van der Waals surface area contributed by atoms with Crippen molar-refractivity contribution in [2.75, 3.05) is 7.11 Å². The van der Waals surface area contributed by atoms with E-state index >= 15 is 0 Å². The minimum absolute atomic E-state index is 0.00856. The quantitative estimate of drug-likeness (QED) is 0.911. The maximum absolute atomic E-state index is 6.27. The number of hydrogen-bond donors (Lipinski definition) is 1. The first-order valence-electron chi connectivity index (χ1n) is 6.70. The molecule has 1 aliphatic heterocycles. The molecule has 0 radical (unpaired) electrons. The fourth-order valence-corrected chi connectivity index (χ4v) is 2.53. The largest absolute Gasteiger partial charge is 0.485 e. The summed E-state index contributed by atoms with van der Waals surface area (Å²) >= 11 is 0. The summed E-state index contributed by atoms with van der Waals surface area (Å²) in [6.07, 6.45) is 2.48. The smallest absolute Gasteiger partial charge is 0.212 e. The monoisotopic (exact) mass is 270 g/mol. The molecule has 104 valence electrons. The van der Waals surface area contributed by atoms with Gasteiger partial charge in [0.2, 0.25) is 5.88 Å². The van der Waals surface area contributed by atoms with E-state index in [9.17, 15) is 0 Å². The van der Waals surface area contributed by atoms with E-state index in [0.29, 0.717) is 5.88 Å². The van der Waals surface area contributed by atoms with Crippen molar-refractivity contribution in [3.8, 4) is 11.6 Å². The van der Waals surface area contributed by atoms with Crippen LogP contribution in [0.4, 0.5) is 0 Å². The Hall–Kier alpha value is -2.07. The SMILES string of the molecule is COc1ccc(C2CC(N)c3cc(C)ccc3O2)cn1. The van der Waals surface area contributed by atoms with Gasteiger partial charge in [0.25, 0.3) is 0 Å². The lowest BCUT2D eigenvalue weighted by Crippen LogP contribution is -2.24. The highest BCUT2D eigenvalue weighted by molar-refractivity contribution is 5.41. The van der Waals surface area contributed by atoms with Gasteiger partial charge < -0.3 is 15.2 Å². The molecule has 0 aliphatic carbocycles. The standard InChI is InChI=1S/C16H18N2O2/c1-10-3-5-14-12(7-10)13(17)8-15(20-14)11-4-6-16(19-2)18-9-11/h3-7,9,13,15H,8,17H2,1-2H3. The van der Waals surface area contributed by atoms with Gasteiger partial charge in [-0.2, -0.15) is 0 Å². The molecule has 20 heavy (non-hydrogen) atoms. The Kier molecular flexibility index (Phi) is 3.32. The number of nitrogens with zero attached hydrogens (tertiary/aromatic N) is 1. The van der Waals surface area contributed by atoms with Crippen LogP contribution < -0.4 is 15.2 Å². The molecule has 0 fully saturated rings. The Morgan fingerprint density at radius 3 is 2.85 bits per heavy atom. The van der Waals surface area contributed by atoms with Gasteiger partial charge in [-0.25, -0.2) is 4.98 Å². The van der Waals surface area contributed by atoms with E-state index in [1.54, 1.807) is 13.3 Å². The molecular weight excluding hydrogens is 252 g/mol. The normalized spacial score (nSPS) is 20.9. The van der Waals surface area contributed by atoms with Crippen LogP contribution in [0.1, 0.15) is 35.3 Å². The van der Waals surface area contributed by atoms with Crippen LogP contribution in [0.15, 0.2) is 36.5 Å². The first-order valence-corrected chi connectivity index (χ1v) is 6.70. The van der Waals surface area contributed by atoms with Gasteiger partial charge in [0.15, 0.2) is 0 Å². The van der Waals surface area contributed by atoms with Gasteiger partial charge in [0.1, 0.15) is 11.9 Å². The van der Waals surface area contributed by atoms with E-state index < -0.39 is 0 Å². The first-order chi connectivity index (χ1) is 9.67. The molecule has 0 amide bonds. The van der Waals surface area contributed by atoms with Crippen LogP contribution in [0.25, 0.3) is 0 Å². The minimum Gasteiger partial charge on any atom is -0.485 e. The van der Waals surface area contributed by atoms with Gasteiger partial charge in [-0.15, -0.1) is 0 Å². The lowest BCUT2D eigenvalue weighted by Gasteiger charge is -2.30. The van der Waals surface area contributed by atoms with Crippen LogP contribution in [0, 0.1) is 6.92 Å². The fraction of sp³-hybridized carbons (Fsp3) is 0.312. The van der Waals surface area contributed by atoms with E-state index in [2.05, 4.69) is 18.0 Å². The highest BCUT2D eigenvalue weighted by Crippen LogP contribution is 2.39. The average Bonchev–Trinajstić information content (AvgIpc) is 2.48. The number of hydrogen-bond acceptors (Lipinski definition) is 4. The molecule has 3 rings (SSSR count). The van der Waals surface area contributed by atoms with E-state index in [0.717, 1.165) is 23.3 Å². The highest BCUT2D eigenvalue weighted by Gasteiger charge is 2.27. The summed E-state index contributed by atoms with van der Waals surface area (Å²) in [5, 5.41) is 0. The van der Waals surface area contributed by atoms with Crippen molar-refractivity contribution in [2.24, 2.45) is 5.73 Å². The fourth-order valence-electron chi connectivity index (χ4n) is 2.53. The number of methoxy groups -OCH3 is 1. The lowest BCUT2D eigenvalue weighted by molar-refractivity contribution is 0.161. The Balaban J connectivity index is 1.88. The zero-order chi connectivity index (χ0) is 14.1. The van der Waals surface area contributed by atoms with Gasteiger partial charge in [0.05, 0.1) is 7.11 Å². The van der Waals surface area contributed by atoms with E-state index in [-0.39, 0.29) is 12.1 Å². The first kappa shape index (κ1) is 12.9. The van der Waals surface area contributed by atoms with Crippen molar-refractivity contribution >= 4 is 0 Å². The Morgan fingerprint density at radius 2 is 2.15 bits per heavy atom. The van der Waals surface area contributed by atoms with Crippen molar-refractivity contribution in [3.05, 3.63) is 53.2 Å². The van der Waals surface area contributed by atoms with Crippen molar-refractivity contribution < 1.29 is 9.47 Å². The van der Waals surface area contributed by atoms with Crippen LogP contribution in [0.3, 0.4) is 0 Å². The van der Waals surface area contributed by atoms with Gasteiger partial charge in [-0.3, -0.25) is 0 Å². The summed E-state index contributed by atoms with van der Waals surface area (Å²) in [4.78, 5) is 4.22. The second kappa shape index (κ2) is 5.13. The minimum atomic E-state index is -0.0568. The number of rotatable bonds is 2. The molecule has 2 atom stereocenters. The van der Waals surface area contributed by atoms with Crippen LogP contribution in [-0.4, -0.2) is 12.1 Å². The summed E-state index contributed by atoms with van der Waals surface area (Å²) in [5.74, 6) is 1.47. The molecule has 2 unspecified atom stereocenters. The summed E-state index contributed by atoms with van der Waals surface area (Å²) in [6, 6.07) is 9.94. The third-order valence-corrected chi connectivity index (χ3v) is 3.64. The van der Waals surface area contributed by atoms with Gasteiger partial charge >= 0.3 is 0 Å². The van der Waals surface area contributed by atoms with E-state index in [4.69, 9.17) is 15.2 Å². The van der Waals surface area contributed by atoms with Gasteiger partial charge in [-0.1, -0.05) is 17.7 Å². The predicted molar refractivity (Wildman–Crippen MR) is 76.9 cm³/mol. The number of ether oxygens (including phenoxy) is 2. The zero-order valence-electron chi connectivity index (χ0n) is 11.7. The van der Waals surface area contributed by atoms with Crippen molar-refractivity contribution in [3.63, 3.8) is 0 Å². The molecule has 0 spiro atoms. The molecule has 2 heterocycles. The number of pyridine rings is 1. The van der Waals surface area contributed by atoms with Gasteiger partial charge in [-0.05, 0) is 19.1 Å². The van der Waals surface area contributed by atoms with Crippen molar-refractivity contribution in [1.82, 2.24) is 4.98 Å². The van der Waals surface area contributed by atoms with Crippen LogP contribution in [0.2, 0.25) is 0 Å². The lowest BCUT2D eigenvalue weighted by atomic mass is 9.93.